The highest BCUT2D eigenvalue weighted by atomic mass is 14.6. The molecule has 1 atom stereocenters. The molecule has 0 heterocycles. The fourth-order valence-electron chi connectivity index (χ4n) is 3.03. The minimum atomic E-state index is 0.249. The molecule has 1 aromatic carbocycles. The fourth-order valence-corrected chi connectivity index (χ4v) is 3.03. The van der Waals surface area contributed by atoms with Crippen LogP contribution in [-0.4, -0.2) is 0 Å². The minimum Gasteiger partial charge on any atom is -0.324 e. The zero-order valence-electron chi connectivity index (χ0n) is 12.3. The smallest absolute Gasteiger partial charge is 0.0297 e. The van der Waals surface area contributed by atoms with E-state index in [9.17, 15) is 0 Å². The lowest BCUT2D eigenvalue weighted by molar-refractivity contribution is 0.614. The summed E-state index contributed by atoms with van der Waals surface area (Å²) in [7, 11) is 0. The van der Waals surface area contributed by atoms with Gasteiger partial charge >= 0.3 is 0 Å². The Balaban J connectivity index is 2.58. The van der Waals surface area contributed by atoms with Crippen LogP contribution in [0.1, 0.15) is 87.1 Å². The van der Waals surface area contributed by atoms with Crippen LogP contribution in [0.25, 0.3) is 0 Å². The van der Waals surface area contributed by atoms with Gasteiger partial charge in [0, 0.05) is 6.04 Å². The van der Waals surface area contributed by atoms with Gasteiger partial charge < -0.3 is 5.73 Å². The molecule has 1 aliphatic rings. The molecule has 2 N–H and O–H groups in total. The molecule has 0 spiro atoms. The predicted octanol–water partition coefficient (Wildman–Crippen LogP) is 4.66. The Hall–Kier alpha value is -0.820. The fraction of sp³-hybridized carbons (Fsp3) is 0.647. The average Bonchev–Trinajstić information content (AvgIpc) is 2.50. The molecule has 0 bridgehead atoms. The Bertz CT molecular complexity index is 418. The molecule has 0 saturated carbocycles. The third-order valence-electron chi connectivity index (χ3n) is 4.22. The first-order valence-corrected chi connectivity index (χ1v) is 7.43. The number of hydrogen-bond donors (Lipinski definition) is 1. The van der Waals surface area contributed by atoms with E-state index in [0.717, 1.165) is 6.42 Å². The van der Waals surface area contributed by atoms with Crippen LogP contribution in [0, 0.1) is 0 Å². The molecule has 1 aromatic rings. The second-order valence-corrected chi connectivity index (χ2v) is 6.34. The van der Waals surface area contributed by atoms with E-state index in [1.54, 1.807) is 5.56 Å². The number of nitrogens with two attached hydrogens (primary N) is 1. The van der Waals surface area contributed by atoms with Crippen LogP contribution in [-0.2, 0) is 6.42 Å². The molecule has 0 aliphatic heterocycles. The summed E-state index contributed by atoms with van der Waals surface area (Å²) >= 11 is 0. The number of benzene rings is 1. The van der Waals surface area contributed by atoms with Gasteiger partial charge in [0.25, 0.3) is 0 Å². The van der Waals surface area contributed by atoms with Crippen molar-refractivity contribution in [1.82, 2.24) is 0 Å². The van der Waals surface area contributed by atoms with E-state index in [1.807, 2.05) is 0 Å². The van der Waals surface area contributed by atoms with E-state index in [4.69, 9.17) is 5.73 Å². The summed E-state index contributed by atoms with van der Waals surface area (Å²) in [5.41, 5.74) is 12.4. The van der Waals surface area contributed by atoms with Crippen molar-refractivity contribution in [2.75, 3.05) is 0 Å². The van der Waals surface area contributed by atoms with Gasteiger partial charge in [-0.25, -0.2) is 0 Å². The third kappa shape index (κ3) is 2.61. The van der Waals surface area contributed by atoms with Gasteiger partial charge in [-0.15, -0.1) is 0 Å². The van der Waals surface area contributed by atoms with Gasteiger partial charge in [-0.05, 0) is 53.4 Å². The first-order valence-electron chi connectivity index (χ1n) is 7.43. The standard InChI is InChI=1S/C17H27N/c1-11(2)13-9-15(12(3)4)14-7-5-6-8-17(18)16(14)10-13/h9-12,17H,5-8,18H2,1-4H3/t17-/m1/s1. The molecule has 0 unspecified atom stereocenters. The van der Waals surface area contributed by atoms with Gasteiger partial charge in [-0.2, -0.15) is 0 Å². The highest BCUT2D eigenvalue weighted by Gasteiger charge is 2.20. The zero-order chi connectivity index (χ0) is 13.3. The summed E-state index contributed by atoms with van der Waals surface area (Å²) in [6, 6.07) is 5.05. The maximum Gasteiger partial charge on any atom is 0.0297 e. The lowest BCUT2D eigenvalue weighted by atomic mass is 9.85. The van der Waals surface area contributed by atoms with Crippen molar-refractivity contribution in [3.63, 3.8) is 0 Å². The lowest BCUT2D eigenvalue weighted by Crippen LogP contribution is -2.13. The van der Waals surface area contributed by atoms with E-state index in [0.29, 0.717) is 11.8 Å². The van der Waals surface area contributed by atoms with E-state index in [2.05, 4.69) is 39.8 Å². The SMILES string of the molecule is CC(C)c1cc(C(C)C)c2c(c1)[C@H](N)CCCC2. The van der Waals surface area contributed by atoms with Gasteiger partial charge in [0.2, 0.25) is 0 Å². The molecule has 1 heteroatoms. The van der Waals surface area contributed by atoms with Crippen LogP contribution in [0.15, 0.2) is 12.1 Å². The molecular weight excluding hydrogens is 218 g/mol. The largest absolute Gasteiger partial charge is 0.324 e. The van der Waals surface area contributed by atoms with Crippen LogP contribution in [0.2, 0.25) is 0 Å². The molecule has 18 heavy (non-hydrogen) atoms. The van der Waals surface area contributed by atoms with E-state index in [1.165, 1.54) is 36.0 Å². The van der Waals surface area contributed by atoms with Crippen molar-refractivity contribution in [3.05, 3.63) is 34.4 Å². The van der Waals surface area contributed by atoms with Gasteiger partial charge in [0.15, 0.2) is 0 Å². The van der Waals surface area contributed by atoms with Gasteiger partial charge in [0.1, 0.15) is 0 Å². The number of rotatable bonds is 2. The molecule has 1 nitrogen and oxygen atoms in total. The lowest BCUT2D eigenvalue weighted by Gasteiger charge is -2.22. The Kier molecular flexibility index (Phi) is 4.11. The van der Waals surface area contributed by atoms with Crippen molar-refractivity contribution in [2.45, 2.75) is 71.3 Å². The van der Waals surface area contributed by atoms with Crippen LogP contribution in [0.3, 0.4) is 0 Å². The molecule has 1 aliphatic carbocycles. The second kappa shape index (κ2) is 5.44. The number of hydrogen-bond acceptors (Lipinski definition) is 1. The molecule has 2 rings (SSSR count). The zero-order valence-corrected chi connectivity index (χ0v) is 12.3. The van der Waals surface area contributed by atoms with Crippen molar-refractivity contribution in [1.29, 1.82) is 0 Å². The summed E-state index contributed by atoms with van der Waals surface area (Å²) in [6.45, 7) is 9.15. The highest BCUT2D eigenvalue weighted by Crippen LogP contribution is 2.35. The minimum absolute atomic E-state index is 0.249. The van der Waals surface area contributed by atoms with Crippen LogP contribution >= 0.6 is 0 Å². The van der Waals surface area contributed by atoms with E-state index < -0.39 is 0 Å². The first-order chi connectivity index (χ1) is 8.50. The Labute approximate surface area is 112 Å². The molecule has 100 valence electrons. The maximum atomic E-state index is 6.38. The number of fused-ring (bicyclic) bond motifs is 1. The first kappa shape index (κ1) is 13.6. The summed E-state index contributed by atoms with van der Waals surface area (Å²) in [5, 5.41) is 0. The van der Waals surface area contributed by atoms with Crippen LogP contribution in [0.5, 0.6) is 0 Å². The van der Waals surface area contributed by atoms with Gasteiger partial charge in [-0.1, -0.05) is 46.2 Å². The third-order valence-corrected chi connectivity index (χ3v) is 4.22. The normalized spacial score (nSPS) is 20.1. The molecule has 0 amide bonds. The summed E-state index contributed by atoms with van der Waals surface area (Å²) in [5.74, 6) is 1.19. The quantitative estimate of drug-likeness (QED) is 0.753. The summed E-state index contributed by atoms with van der Waals surface area (Å²) < 4.78 is 0. The van der Waals surface area contributed by atoms with Crippen LogP contribution < -0.4 is 5.73 Å². The van der Waals surface area contributed by atoms with Crippen molar-refractivity contribution in [3.8, 4) is 0 Å². The summed E-state index contributed by atoms with van der Waals surface area (Å²) in [4.78, 5) is 0. The van der Waals surface area contributed by atoms with E-state index in [-0.39, 0.29) is 6.04 Å². The van der Waals surface area contributed by atoms with Gasteiger partial charge in [0.05, 0.1) is 0 Å². The van der Waals surface area contributed by atoms with Crippen LogP contribution in [0.4, 0.5) is 0 Å². The second-order valence-electron chi connectivity index (χ2n) is 6.34. The summed E-state index contributed by atoms with van der Waals surface area (Å²) in [6.07, 6.45) is 4.92. The maximum absolute atomic E-state index is 6.38. The molecule has 0 fully saturated rings. The molecular formula is C17H27N. The topological polar surface area (TPSA) is 26.0 Å². The van der Waals surface area contributed by atoms with Crippen molar-refractivity contribution < 1.29 is 0 Å². The van der Waals surface area contributed by atoms with Crippen molar-refractivity contribution >= 4 is 0 Å². The Morgan fingerprint density at radius 3 is 2.39 bits per heavy atom. The molecule has 0 aromatic heterocycles. The Morgan fingerprint density at radius 1 is 1.06 bits per heavy atom. The van der Waals surface area contributed by atoms with Crippen molar-refractivity contribution in [2.24, 2.45) is 5.73 Å². The van der Waals surface area contributed by atoms with E-state index >= 15 is 0 Å². The van der Waals surface area contributed by atoms with Gasteiger partial charge in [-0.3, -0.25) is 0 Å². The molecule has 0 radical (unpaired) electrons. The highest BCUT2D eigenvalue weighted by molar-refractivity contribution is 5.44. The Morgan fingerprint density at radius 2 is 1.78 bits per heavy atom. The molecule has 0 saturated heterocycles. The average molecular weight is 245 g/mol. The predicted molar refractivity (Wildman–Crippen MR) is 79.1 cm³/mol. The monoisotopic (exact) mass is 245 g/mol.